The lowest BCUT2D eigenvalue weighted by atomic mass is 10.0. The van der Waals surface area contributed by atoms with E-state index in [0.29, 0.717) is 28.2 Å². The Hall–Kier alpha value is -3.79. The first kappa shape index (κ1) is 20.1. The summed E-state index contributed by atoms with van der Waals surface area (Å²) in [5, 5.41) is 10.2. The summed E-state index contributed by atoms with van der Waals surface area (Å²) in [4.78, 5) is 39.1. The standard InChI is InChI=1S/C22H20N4O6/c1-21(2)31-17-16(10-26-19(28)14-5-3-4-6-15(14)20(26)29)30-12-22(17,32-21)11-23-18(27)13-7-8-24-25-9-13/h3-9H,10-12H2,1-2H3,(H,23,27)/t22-/m0/s1. The summed E-state index contributed by atoms with van der Waals surface area (Å²) in [6.07, 6.45) is 2.79. The van der Waals surface area contributed by atoms with Crippen LogP contribution in [0.2, 0.25) is 0 Å². The van der Waals surface area contributed by atoms with Gasteiger partial charge in [0.15, 0.2) is 17.1 Å². The van der Waals surface area contributed by atoms with Crippen LogP contribution in [0.5, 0.6) is 0 Å². The molecule has 1 aromatic carbocycles. The normalized spacial score (nSPS) is 23.0. The number of rotatable bonds is 5. The second kappa shape index (κ2) is 7.13. The molecule has 1 aromatic heterocycles. The molecule has 164 valence electrons. The van der Waals surface area contributed by atoms with Crippen LogP contribution in [0.3, 0.4) is 0 Å². The summed E-state index contributed by atoms with van der Waals surface area (Å²) in [7, 11) is 0. The molecule has 0 unspecified atom stereocenters. The molecule has 0 saturated carbocycles. The Morgan fingerprint density at radius 1 is 1.12 bits per heavy atom. The van der Waals surface area contributed by atoms with Crippen LogP contribution in [0.4, 0.5) is 0 Å². The second-order valence-corrected chi connectivity index (χ2v) is 8.20. The highest BCUT2D eigenvalue weighted by atomic mass is 16.8. The van der Waals surface area contributed by atoms with E-state index < -0.39 is 23.2 Å². The molecule has 0 bridgehead atoms. The van der Waals surface area contributed by atoms with Crippen LogP contribution in [0.15, 0.2) is 54.2 Å². The average Bonchev–Trinajstić information content (AvgIpc) is 3.34. The topological polar surface area (TPSA) is 120 Å². The van der Waals surface area contributed by atoms with Crippen molar-refractivity contribution in [1.29, 1.82) is 0 Å². The fourth-order valence-electron chi connectivity index (χ4n) is 4.11. The van der Waals surface area contributed by atoms with Gasteiger partial charge in [-0.2, -0.15) is 10.2 Å². The van der Waals surface area contributed by atoms with Crippen LogP contribution in [-0.2, 0) is 14.2 Å². The van der Waals surface area contributed by atoms with Gasteiger partial charge < -0.3 is 19.5 Å². The van der Waals surface area contributed by atoms with E-state index in [9.17, 15) is 14.4 Å². The van der Waals surface area contributed by atoms with Crippen LogP contribution in [0.1, 0.15) is 44.9 Å². The Morgan fingerprint density at radius 3 is 2.50 bits per heavy atom. The van der Waals surface area contributed by atoms with Gasteiger partial charge in [-0.3, -0.25) is 19.3 Å². The molecule has 1 atom stereocenters. The van der Waals surface area contributed by atoms with Crippen molar-refractivity contribution in [3.05, 3.63) is 70.9 Å². The predicted octanol–water partition coefficient (Wildman–Crippen LogP) is 1.27. The summed E-state index contributed by atoms with van der Waals surface area (Å²) < 4.78 is 17.9. The molecule has 1 fully saturated rings. The van der Waals surface area contributed by atoms with Crippen LogP contribution in [0, 0.1) is 0 Å². The minimum absolute atomic E-state index is 0.0680. The number of hydrogen-bond donors (Lipinski definition) is 1. The minimum atomic E-state index is -1.08. The summed E-state index contributed by atoms with van der Waals surface area (Å²) >= 11 is 0. The zero-order chi connectivity index (χ0) is 22.5. The van der Waals surface area contributed by atoms with Gasteiger partial charge in [0, 0.05) is 13.8 Å². The monoisotopic (exact) mass is 436 g/mol. The van der Waals surface area contributed by atoms with Gasteiger partial charge in [0.2, 0.25) is 5.79 Å². The van der Waals surface area contributed by atoms with Gasteiger partial charge in [0.05, 0.1) is 42.2 Å². The van der Waals surface area contributed by atoms with Crippen LogP contribution in [-0.4, -0.2) is 63.9 Å². The Kier molecular flexibility index (Phi) is 4.48. The number of benzene rings is 1. The third kappa shape index (κ3) is 3.19. The number of nitrogens with zero attached hydrogens (tertiary/aromatic N) is 3. The first-order valence-electron chi connectivity index (χ1n) is 10.1. The minimum Gasteiger partial charge on any atom is -0.489 e. The highest BCUT2D eigenvalue weighted by molar-refractivity contribution is 6.21. The Balaban J connectivity index is 1.39. The number of hydrogen-bond acceptors (Lipinski definition) is 8. The largest absolute Gasteiger partial charge is 0.489 e. The fourth-order valence-corrected chi connectivity index (χ4v) is 4.11. The number of carbonyl (C=O) groups excluding carboxylic acids is 3. The molecule has 3 aliphatic heterocycles. The summed E-state index contributed by atoms with van der Waals surface area (Å²) in [6, 6.07) is 8.21. The van der Waals surface area contributed by atoms with E-state index >= 15 is 0 Å². The lowest BCUT2D eigenvalue weighted by molar-refractivity contribution is -0.170. The third-order valence-electron chi connectivity index (χ3n) is 5.50. The van der Waals surface area contributed by atoms with E-state index in [-0.39, 0.29) is 25.6 Å². The number of amides is 3. The zero-order valence-corrected chi connectivity index (χ0v) is 17.5. The van der Waals surface area contributed by atoms with Crippen molar-refractivity contribution in [2.45, 2.75) is 25.2 Å². The van der Waals surface area contributed by atoms with E-state index in [2.05, 4.69) is 15.5 Å². The molecular weight excluding hydrogens is 416 g/mol. The molecule has 5 rings (SSSR count). The molecule has 3 aliphatic rings. The second-order valence-electron chi connectivity index (χ2n) is 8.20. The number of aromatic nitrogens is 2. The molecule has 4 heterocycles. The molecule has 32 heavy (non-hydrogen) atoms. The van der Waals surface area contributed by atoms with Gasteiger partial charge in [-0.25, -0.2) is 0 Å². The third-order valence-corrected chi connectivity index (χ3v) is 5.50. The van der Waals surface area contributed by atoms with Gasteiger partial charge in [0.25, 0.3) is 17.7 Å². The number of carbonyl (C=O) groups is 3. The first-order chi connectivity index (χ1) is 15.3. The number of imide groups is 1. The molecule has 0 spiro atoms. The van der Waals surface area contributed by atoms with Gasteiger partial charge in [0.1, 0.15) is 6.61 Å². The SMILES string of the molecule is CC1(C)OC2=C(CN3C(=O)c4ccccc4C3=O)OC[C@]2(CNC(=O)c2ccnnc2)O1. The molecule has 0 radical (unpaired) electrons. The Labute approximate surface area is 183 Å². The number of nitrogens with one attached hydrogen (secondary N) is 1. The lowest BCUT2D eigenvalue weighted by Crippen LogP contribution is -2.46. The molecular formula is C22H20N4O6. The highest BCUT2D eigenvalue weighted by Gasteiger charge is 2.57. The number of ether oxygens (including phenoxy) is 3. The van der Waals surface area contributed by atoms with Crippen molar-refractivity contribution in [1.82, 2.24) is 20.4 Å². The van der Waals surface area contributed by atoms with E-state index in [4.69, 9.17) is 14.2 Å². The zero-order valence-electron chi connectivity index (χ0n) is 17.5. The van der Waals surface area contributed by atoms with Crippen LogP contribution >= 0.6 is 0 Å². The fraction of sp³-hybridized carbons (Fsp3) is 0.318. The predicted molar refractivity (Wildman–Crippen MR) is 108 cm³/mol. The van der Waals surface area contributed by atoms with E-state index in [1.807, 2.05) is 0 Å². The van der Waals surface area contributed by atoms with Gasteiger partial charge in [-0.05, 0) is 18.2 Å². The maximum absolute atomic E-state index is 12.8. The highest BCUT2D eigenvalue weighted by Crippen LogP contribution is 2.45. The lowest BCUT2D eigenvalue weighted by Gasteiger charge is -2.25. The summed E-state index contributed by atoms with van der Waals surface area (Å²) in [5.74, 6) is -1.42. The molecule has 1 N–H and O–H groups in total. The molecule has 10 nitrogen and oxygen atoms in total. The Bertz CT molecular complexity index is 1130. The van der Waals surface area contributed by atoms with Gasteiger partial charge >= 0.3 is 0 Å². The van der Waals surface area contributed by atoms with Crippen molar-refractivity contribution >= 4 is 17.7 Å². The smallest absolute Gasteiger partial charge is 0.261 e. The molecule has 0 aliphatic carbocycles. The molecule has 10 heteroatoms. The van der Waals surface area contributed by atoms with Crippen molar-refractivity contribution in [3.8, 4) is 0 Å². The molecule has 3 amide bonds. The van der Waals surface area contributed by atoms with Crippen molar-refractivity contribution in [3.63, 3.8) is 0 Å². The van der Waals surface area contributed by atoms with E-state index in [1.165, 1.54) is 12.4 Å². The molecule has 1 saturated heterocycles. The summed E-state index contributed by atoms with van der Waals surface area (Å²) in [6.45, 7) is 3.53. The van der Waals surface area contributed by atoms with E-state index in [0.717, 1.165) is 4.90 Å². The summed E-state index contributed by atoms with van der Waals surface area (Å²) in [5.41, 5.74) is -0.0116. The van der Waals surface area contributed by atoms with E-state index in [1.54, 1.807) is 44.2 Å². The quantitative estimate of drug-likeness (QED) is 0.696. The van der Waals surface area contributed by atoms with Crippen LogP contribution < -0.4 is 5.32 Å². The van der Waals surface area contributed by atoms with Crippen molar-refractivity contribution < 1.29 is 28.6 Å². The van der Waals surface area contributed by atoms with Crippen LogP contribution in [0.25, 0.3) is 0 Å². The number of fused-ring (bicyclic) bond motifs is 2. The van der Waals surface area contributed by atoms with Gasteiger partial charge in [-0.15, -0.1) is 0 Å². The maximum Gasteiger partial charge on any atom is 0.261 e. The van der Waals surface area contributed by atoms with Crippen molar-refractivity contribution in [2.24, 2.45) is 0 Å². The maximum atomic E-state index is 12.8. The average molecular weight is 436 g/mol. The Morgan fingerprint density at radius 2 is 1.84 bits per heavy atom. The van der Waals surface area contributed by atoms with Crippen molar-refractivity contribution in [2.75, 3.05) is 19.7 Å². The van der Waals surface area contributed by atoms with Gasteiger partial charge in [-0.1, -0.05) is 12.1 Å². The molecule has 2 aromatic rings. The first-order valence-corrected chi connectivity index (χ1v) is 10.1.